The molecule has 1 aliphatic carbocycles. The van der Waals surface area contributed by atoms with E-state index in [4.69, 9.17) is 0 Å². The first kappa shape index (κ1) is 26.5. The van der Waals surface area contributed by atoms with Crippen molar-refractivity contribution in [2.75, 3.05) is 13.1 Å². The van der Waals surface area contributed by atoms with E-state index in [1.54, 1.807) is 11.3 Å². The van der Waals surface area contributed by atoms with Gasteiger partial charge in [-0.25, -0.2) is 0 Å². The highest BCUT2D eigenvalue weighted by Crippen LogP contribution is 2.39. The molecule has 1 aliphatic heterocycles. The topological polar surface area (TPSA) is 40.6 Å². The van der Waals surface area contributed by atoms with E-state index in [1.165, 1.54) is 27.5 Å². The lowest BCUT2D eigenvalue weighted by molar-refractivity contribution is -0.137. The number of carbonyl (C=O) groups is 2. The Labute approximate surface area is 225 Å². The molecule has 0 saturated heterocycles. The predicted octanol–water partition coefficient (Wildman–Crippen LogP) is 6.84. The molecule has 0 bridgehead atoms. The second-order valence-corrected chi connectivity index (χ2v) is 12.2. The first-order valence-corrected chi connectivity index (χ1v) is 13.8. The van der Waals surface area contributed by atoms with E-state index in [0.717, 1.165) is 42.5 Å². The van der Waals surface area contributed by atoms with Gasteiger partial charge in [0.05, 0.1) is 11.6 Å². The van der Waals surface area contributed by atoms with Crippen LogP contribution in [-0.4, -0.2) is 40.7 Å². The molecule has 2 aliphatic rings. The molecule has 38 heavy (non-hydrogen) atoms. The van der Waals surface area contributed by atoms with Gasteiger partial charge >= 0.3 is 6.18 Å². The predicted molar refractivity (Wildman–Crippen MR) is 142 cm³/mol. The van der Waals surface area contributed by atoms with E-state index in [0.29, 0.717) is 6.54 Å². The van der Waals surface area contributed by atoms with Gasteiger partial charge in [0.2, 0.25) is 5.91 Å². The Balaban J connectivity index is 1.42. The number of nitrogens with zero attached hydrogens (tertiary/aromatic N) is 2. The summed E-state index contributed by atoms with van der Waals surface area (Å²) in [6.45, 7) is 6.83. The molecule has 2 aromatic carbocycles. The standard InChI is InChI=1S/C30H31F3N2O2S/c1-29(2,3)21-9-7-19(8-10-21)27-24-14-16-38-25(24)13-15-34(27)26(36)18-35(23-11-12-23)28(37)20-5-4-6-22(17-20)30(31,32)33/h4-10,14,16-17,23,27H,11-13,15,18H2,1-3H3. The maximum absolute atomic E-state index is 13.8. The summed E-state index contributed by atoms with van der Waals surface area (Å²) < 4.78 is 39.8. The van der Waals surface area contributed by atoms with Gasteiger partial charge in [-0.15, -0.1) is 11.3 Å². The number of hydrogen-bond donors (Lipinski definition) is 0. The molecular weight excluding hydrogens is 509 g/mol. The smallest absolute Gasteiger partial charge is 0.330 e. The highest BCUT2D eigenvalue weighted by atomic mass is 32.1. The van der Waals surface area contributed by atoms with E-state index in [-0.39, 0.29) is 35.5 Å². The van der Waals surface area contributed by atoms with Crippen LogP contribution in [-0.2, 0) is 22.8 Å². The maximum atomic E-state index is 13.8. The lowest BCUT2D eigenvalue weighted by atomic mass is 9.85. The van der Waals surface area contributed by atoms with Gasteiger partial charge in [0, 0.05) is 23.0 Å². The van der Waals surface area contributed by atoms with Crippen molar-refractivity contribution in [1.29, 1.82) is 0 Å². The Morgan fingerprint density at radius 1 is 1.00 bits per heavy atom. The Morgan fingerprint density at radius 3 is 2.34 bits per heavy atom. The fraction of sp³-hybridized carbons (Fsp3) is 0.400. The summed E-state index contributed by atoms with van der Waals surface area (Å²) in [5, 5.41) is 2.04. The summed E-state index contributed by atoms with van der Waals surface area (Å²) in [6.07, 6.45) is -2.33. The molecule has 1 fully saturated rings. The Morgan fingerprint density at radius 2 is 1.71 bits per heavy atom. The van der Waals surface area contributed by atoms with Crippen LogP contribution in [0.5, 0.6) is 0 Å². The summed E-state index contributed by atoms with van der Waals surface area (Å²) in [6, 6.07) is 14.5. The van der Waals surface area contributed by atoms with Crippen molar-refractivity contribution < 1.29 is 22.8 Å². The normalized spacial score (nSPS) is 17.7. The van der Waals surface area contributed by atoms with E-state index in [1.807, 2.05) is 10.3 Å². The number of amides is 2. The third-order valence-corrected chi connectivity index (χ3v) is 8.37. The zero-order valence-corrected chi connectivity index (χ0v) is 22.5. The molecule has 3 aromatic rings. The van der Waals surface area contributed by atoms with Gasteiger partial charge in [-0.1, -0.05) is 51.1 Å². The monoisotopic (exact) mass is 540 g/mol. The van der Waals surface area contributed by atoms with Gasteiger partial charge in [-0.3, -0.25) is 9.59 Å². The molecule has 0 N–H and O–H groups in total. The third-order valence-electron chi connectivity index (χ3n) is 7.37. The zero-order chi connectivity index (χ0) is 27.2. The lowest BCUT2D eigenvalue weighted by Gasteiger charge is -2.38. The molecule has 0 radical (unpaired) electrons. The van der Waals surface area contributed by atoms with Crippen LogP contribution in [0.1, 0.15) is 77.1 Å². The minimum absolute atomic E-state index is 0.00267. The van der Waals surface area contributed by atoms with Gasteiger partial charge < -0.3 is 9.80 Å². The van der Waals surface area contributed by atoms with Crippen LogP contribution in [0.3, 0.4) is 0 Å². The third kappa shape index (κ3) is 5.37. The first-order chi connectivity index (χ1) is 17.9. The van der Waals surface area contributed by atoms with Crippen molar-refractivity contribution in [3.05, 3.63) is 92.7 Å². The molecule has 1 aromatic heterocycles. The van der Waals surface area contributed by atoms with Crippen molar-refractivity contribution in [3.8, 4) is 0 Å². The van der Waals surface area contributed by atoms with Gasteiger partial charge in [-0.2, -0.15) is 13.2 Å². The molecule has 0 spiro atoms. The van der Waals surface area contributed by atoms with Crippen molar-refractivity contribution in [3.63, 3.8) is 0 Å². The van der Waals surface area contributed by atoms with Crippen molar-refractivity contribution in [2.24, 2.45) is 0 Å². The summed E-state index contributed by atoms with van der Waals surface area (Å²) >= 11 is 1.68. The molecule has 4 nitrogen and oxygen atoms in total. The van der Waals surface area contributed by atoms with Gasteiger partial charge in [0.15, 0.2) is 0 Å². The summed E-state index contributed by atoms with van der Waals surface area (Å²) in [4.78, 5) is 31.7. The van der Waals surface area contributed by atoms with E-state index < -0.39 is 17.6 Å². The highest BCUT2D eigenvalue weighted by molar-refractivity contribution is 7.10. The molecule has 8 heteroatoms. The lowest BCUT2D eigenvalue weighted by Crippen LogP contribution is -2.47. The Kier molecular flexibility index (Phi) is 6.88. The average Bonchev–Trinajstić information content (AvgIpc) is 3.61. The summed E-state index contributed by atoms with van der Waals surface area (Å²) in [7, 11) is 0. The first-order valence-electron chi connectivity index (χ1n) is 12.9. The van der Waals surface area contributed by atoms with Crippen LogP contribution in [0.2, 0.25) is 0 Å². The van der Waals surface area contributed by atoms with Gasteiger partial charge in [0.1, 0.15) is 6.54 Å². The number of alkyl halides is 3. The van der Waals surface area contributed by atoms with Crippen LogP contribution < -0.4 is 0 Å². The van der Waals surface area contributed by atoms with Crippen LogP contribution in [0.4, 0.5) is 13.2 Å². The summed E-state index contributed by atoms with van der Waals surface area (Å²) in [5.41, 5.74) is 2.39. The SMILES string of the molecule is CC(C)(C)c1ccc(C2c3ccsc3CCN2C(=O)CN(C(=O)c2cccc(C(F)(F)F)c2)C2CC2)cc1. The summed E-state index contributed by atoms with van der Waals surface area (Å²) in [5.74, 6) is -0.731. The molecule has 200 valence electrons. The van der Waals surface area contributed by atoms with Crippen LogP contribution in [0, 0.1) is 0 Å². The molecule has 2 heterocycles. The molecule has 1 atom stereocenters. The highest BCUT2D eigenvalue weighted by Gasteiger charge is 2.39. The number of thiophene rings is 1. The van der Waals surface area contributed by atoms with E-state index >= 15 is 0 Å². The molecule has 5 rings (SSSR count). The molecule has 2 amide bonds. The Bertz CT molecular complexity index is 1340. The number of benzene rings is 2. The quantitative estimate of drug-likeness (QED) is 0.355. The number of rotatable bonds is 5. The number of halogens is 3. The minimum atomic E-state index is -4.54. The zero-order valence-electron chi connectivity index (χ0n) is 21.7. The number of hydrogen-bond acceptors (Lipinski definition) is 3. The van der Waals surface area contributed by atoms with Crippen molar-refractivity contribution in [1.82, 2.24) is 9.80 Å². The van der Waals surface area contributed by atoms with E-state index in [2.05, 4.69) is 51.1 Å². The Hall–Kier alpha value is -3.13. The molecular formula is C30H31F3N2O2S. The van der Waals surface area contributed by atoms with E-state index in [9.17, 15) is 22.8 Å². The second kappa shape index (κ2) is 9.88. The van der Waals surface area contributed by atoms with Crippen LogP contribution in [0.25, 0.3) is 0 Å². The van der Waals surface area contributed by atoms with Gasteiger partial charge in [0.25, 0.3) is 5.91 Å². The van der Waals surface area contributed by atoms with Crippen molar-refractivity contribution in [2.45, 2.75) is 63.7 Å². The minimum Gasteiger partial charge on any atom is -0.330 e. The largest absolute Gasteiger partial charge is 0.416 e. The fourth-order valence-corrected chi connectivity index (χ4v) is 6.00. The average molecular weight is 541 g/mol. The second-order valence-electron chi connectivity index (χ2n) is 11.2. The maximum Gasteiger partial charge on any atom is 0.416 e. The van der Waals surface area contributed by atoms with Crippen molar-refractivity contribution >= 4 is 23.2 Å². The van der Waals surface area contributed by atoms with Crippen LogP contribution >= 0.6 is 11.3 Å². The van der Waals surface area contributed by atoms with Crippen LogP contribution in [0.15, 0.2) is 60.0 Å². The number of carbonyl (C=O) groups excluding carboxylic acids is 2. The number of fused-ring (bicyclic) bond motifs is 1. The molecule has 1 saturated carbocycles. The fourth-order valence-electron chi connectivity index (χ4n) is 5.09. The molecule has 1 unspecified atom stereocenters. The van der Waals surface area contributed by atoms with Gasteiger partial charge in [-0.05, 0) is 71.0 Å².